The van der Waals surface area contributed by atoms with Crippen molar-refractivity contribution in [3.05, 3.63) is 35.4 Å². The van der Waals surface area contributed by atoms with E-state index in [-0.39, 0.29) is 13.3 Å². The largest absolute Gasteiger partial charge is 0.356 e. The number of likely N-dealkylation sites (N-methyl/N-ethyl adjacent to an activating group) is 1. The summed E-state index contributed by atoms with van der Waals surface area (Å²) in [5.41, 5.74) is 2.43. The topological polar surface area (TPSA) is 29.1 Å². The highest BCUT2D eigenvalue weighted by Crippen LogP contribution is 2.17. The Morgan fingerprint density at radius 3 is 2.29 bits per heavy atom. The smallest absolute Gasteiger partial charge is 0.227 e. The van der Waals surface area contributed by atoms with Crippen molar-refractivity contribution < 1.29 is 6.22 Å². The molecule has 96 valence electrons. The van der Waals surface area contributed by atoms with Gasteiger partial charge in [-0.05, 0) is 37.3 Å². The Kier molecular flexibility index (Phi) is 5.20. The second-order valence-corrected chi connectivity index (χ2v) is 4.96. The van der Waals surface area contributed by atoms with Crippen LogP contribution < -0.4 is 5.32 Å². The first kappa shape index (κ1) is 13.8. The molecule has 0 saturated carbocycles. The molecule has 1 amide bonds. The Morgan fingerprint density at radius 2 is 1.82 bits per heavy atom. The first-order valence-electron chi connectivity index (χ1n) is 6.41. The van der Waals surface area contributed by atoms with Crippen molar-refractivity contribution in [2.75, 3.05) is 6.54 Å². The number of hydrogen-bond donors (Lipinski definition) is 1. The highest BCUT2D eigenvalue weighted by molar-refractivity contribution is 5.83. The van der Waals surface area contributed by atoms with Gasteiger partial charge in [0.15, 0.2) is 0 Å². The standard InChI is InChI=1S/C15H23NO.H2/c1-5-16-15(17)12(4)14-8-6-13(7-9-14)10-11(2)3;/h6-9,11-12H,5,10H2,1-4H3,(H,16,17);1H/t12-;/m1./s1. The third kappa shape index (κ3) is 4.22. The van der Waals surface area contributed by atoms with Crippen LogP contribution in [0, 0.1) is 5.92 Å². The van der Waals surface area contributed by atoms with Crippen molar-refractivity contribution in [2.45, 2.75) is 40.0 Å². The molecule has 0 aliphatic carbocycles. The Bertz CT molecular complexity index is 359. The number of amides is 1. The fraction of sp³-hybridized carbons (Fsp3) is 0.533. The third-order valence-corrected chi connectivity index (χ3v) is 2.87. The Labute approximate surface area is 106 Å². The van der Waals surface area contributed by atoms with E-state index in [0.717, 1.165) is 12.0 Å². The highest BCUT2D eigenvalue weighted by Gasteiger charge is 2.13. The number of carbonyl (C=O) groups is 1. The Balaban J connectivity index is 0.00000289. The van der Waals surface area contributed by atoms with E-state index in [4.69, 9.17) is 0 Å². The van der Waals surface area contributed by atoms with Crippen LogP contribution >= 0.6 is 0 Å². The lowest BCUT2D eigenvalue weighted by Gasteiger charge is -2.12. The van der Waals surface area contributed by atoms with Crippen molar-refractivity contribution in [2.24, 2.45) is 5.92 Å². The number of hydrogen-bond acceptors (Lipinski definition) is 1. The number of nitrogens with one attached hydrogen (secondary N) is 1. The maximum atomic E-state index is 11.7. The van der Waals surface area contributed by atoms with Gasteiger partial charge in [0.05, 0.1) is 5.92 Å². The van der Waals surface area contributed by atoms with Gasteiger partial charge in [-0.15, -0.1) is 0 Å². The molecule has 0 spiro atoms. The molecule has 1 aromatic carbocycles. The summed E-state index contributed by atoms with van der Waals surface area (Å²) >= 11 is 0. The molecule has 17 heavy (non-hydrogen) atoms. The third-order valence-electron chi connectivity index (χ3n) is 2.87. The molecular weight excluding hydrogens is 210 g/mol. The summed E-state index contributed by atoms with van der Waals surface area (Å²) in [6.07, 6.45) is 1.09. The molecule has 0 fully saturated rings. The van der Waals surface area contributed by atoms with Crippen LogP contribution in [-0.2, 0) is 11.2 Å². The van der Waals surface area contributed by atoms with Crippen LogP contribution in [0.25, 0.3) is 0 Å². The van der Waals surface area contributed by atoms with Gasteiger partial charge in [-0.2, -0.15) is 0 Å². The summed E-state index contributed by atoms with van der Waals surface area (Å²) in [5.74, 6) is 0.703. The summed E-state index contributed by atoms with van der Waals surface area (Å²) < 4.78 is 0. The molecule has 1 rings (SSSR count). The highest BCUT2D eigenvalue weighted by atomic mass is 16.1. The molecule has 2 nitrogen and oxygen atoms in total. The maximum absolute atomic E-state index is 11.7. The lowest BCUT2D eigenvalue weighted by Crippen LogP contribution is -2.27. The average Bonchev–Trinajstić information content (AvgIpc) is 2.28. The molecule has 1 aromatic rings. The summed E-state index contributed by atoms with van der Waals surface area (Å²) in [5, 5.41) is 2.85. The molecule has 0 aromatic heterocycles. The summed E-state index contributed by atoms with van der Waals surface area (Å²) in [6, 6.07) is 8.39. The van der Waals surface area contributed by atoms with Crippen molar-refractivity contribution in [3.8, 4) is 0 Å². The van der Waals surface area contributed by atoms with Crippen LogP contribution in [-0.4, -0.2) is 12.5 Å². The van der Waals surface area contributed by atoms with Gasteiger partial charge < -0.3 is 5.32 Å². The lowest BCUT2D eigenvalue weighted by molar-refractivity contribution is -0.122. The zero-order chi connectivity index (χ0) is 12.8. The quantitative estimate of drug-likeness (QED) is 0.833. The van der Waals surface area contributed by atoms with Crippen molar-refractivity contribution in [1.29, 1.82) is 0 Å². The van der Waals surface area contributed by atoms with Crippen molar-refractivity contribution >= 4 is 5.91 Å². The normalized spacial score (nSPS) is 12.5. The van der Waals surface area contributed by atoms with Gasteiger partial charge in [-0.1, -0.05) is 38.1 Å². The molecule has 0 radical (unpaired) electrons. The monoisotopic (exact) mass is 235 g/mol. The fourth-order valence-corrected chi connectivity index (χ4v) is 1.89. The first-order chi connectivity index (χ1) is 8.04. The SMILES string of the molecule is CCNC(=O)[C@H](C)c1ccc(CC(C)C)cc1.[HH]. The Morgan fingerprint density at radius 1 is 1.24 bits per heavy atom. The molecule has 0 aliphatic rings. The summed E-state index contributed by atoms with van der Waals surface area (Å²) in [6.45, 7) is 9.00. The van der Waals surface area contributed by atoms with E-state index < -0.39 is 0 Å². The summed E-state index contributed by atoms with van der Waals surface area (Å²) in [4.78, 5) is 11.7. The van der Waals surface area contributed by atoms with E-state index in [1.54, 1.807) is 0 Å². The molecule has 1 atom stereocenters. The first-order valence-corrected chi connectivity index (χ1v) is 6.41. The van der Waals surface area contributed by atoms with Crippen molar-refractivity contribution in [1.82, 2.24) is 5.32 Å². The number of benzene rings is 1. The van der Waals surface area contributed by atoms with E-state index in [0.29, 0.717) is 12.5 Å². The van der Waals surface area contributed by atoms with Crippen LogP contribution in [0.1, 0.15) is 46.2 Å². The molecular formula is C15H25NO. The van der Waals surface area contributed by atoms with Gasteiger partial charge in [0.25, 0.3) is 0 Å². The predicted molar refractivity (Wildman–Crippen MR) is 74.2 cm³/mol. The molecule has 0 saturated heterocycles. The van der Waals surface area contributed by atoms with Gasteiger partial charge in [-0.3, -0.25) is 4.79 Å². The summed E-state index contributed by atoms with van der Waals surface area (Å²) in [7, 11) is 0. The van der Waals surface area contributed by atoms with Crippen LogP contribution in [0.5, 0.6) is 0 Å². The molecule has 0 heterocycles. The minimum absolute atomic E-state index is 0. The predicted octanol–water partition coefficient (Wildman–Crippen LogP) is 3.37. The zero-order valence-electron chi connectivity index (χ0n) is 11.3. The van der Waals surface area contributed by atoms with Gasteiger partial charge in [0.1, 0.15) is 0 Å². The molecule has 0 unspecified atom stereocenters. The minimum atomic E-state index is -0.0666. The second kappa shape index (κ2) is 6.43. The maximum Gasteiger partial charge on any atom is 0.227 e. The van der Waals surface area contributed by atoms with E-state index in [1.165, 1.54) is 5.56 Å². The lowest BCUT2D eigenvalue weighted by atomic mass is 9.96. The van der Waals surface area contributed by atoms with Gasteiger partial charge in [-0.25, -0.2) is 0 Å². The Hall–Kier alpha value is -1.31. The van der Waals surface area contributed by atoms with Crippen molar-refractivity contribution in [3.63, 3.8) is 0 Å². The molecule has 0 bridgehead atoms. The van der Waals surface area contributed by atoms with Gasteiger partial charge in [0.2, 0.25) is 5.91 Å². The minimum Gasteiger partial charge on any atom is -0.356 e. The molecule has 0 aliphatic heterocycles. The van der Waals surface area contributed by atoms with E-state index in [1.807, 2.05) is 13.8 Å². The van der Waals surface area contributed by atoms with E-state index in [2.05, 4.69) is 43.4 Å². The average molecular weight is 235 g/mol. The van der Waals surface area contributed by atoms with E-state index >= 15 is 0 Å². The molecule has 1 N–H and O–H groups in total. The second-order valence-electron chi connectivity index (χ2n) is 4.96. The van der Waals surface area contributed by atoms with Crippen LogP contribution in [0.4, 0.5) is 0 Å². The van der Waals surface area contributed by atoms with Crippen LogP contribution in [0.3, 0.4) is 0 Å². The van der Waals surface area contributed by atoms with Gasteiger partial charge in [0, 0.05) is 7.97 Å². The number of rotatable bonds is 5. The number of carbonyl (C=O) groups excluding carboxylic acids is 1. The fourth-order valence-electron chi connectivity index (χ4n) is 1.89. The van der Waals surface area contributed by atoms with Gasteiger partial charge >= 0.3 is 0 Å². The van der Waals surface area contributed by atoms with E-state index in [9.17, 15) is 4.79 Å². The molecule has 2 heteroatoms. The zero-order valence-corrected chi connectivity index (χ0v) is 11.3. The van der Waals surface area contributed by atoms with Crippen LogP contribution in [0.15, 0.2) is 24.3 Å². The van der Waals surface area contributed by atoms with Crippen LogP contribution in [0.2, 0.25) is 0 Å².